The maximum absolute atomic E-state index is 12.7. The Morgan fingerprint density at radius 1 is 0.853 bits per heavy atom. The Hall–Kier alpha value is -2.41. The number of benzene rings is 1. The molecule has 34 heavy (non-hydrogen) atoms. The Bertz CT molecular complexity index is 705. The number of rotatable bonds is 20. The van der Waals surface area contributed by atoms with Crippen molar-refractivity contribution in [2.24, 2.45) is 0 Å². The van der Waals surface area contributed by atoms with Crippen LogP contribution in [0.1, 0.15) is 107 Å². The van der Waals surface area contributed by atoms with Crippen LogP contribution in [-0.4, -0.2) is 42.1 Å². The molecular weight excluding hydrogens is 432 g/mol. The average Bonchev–Trinajstić information content (AvgIpc) is 2.83. The molecule has 7 nitrogen and oxygen atoms in total. The summed E-state index contributed by atoms with van der Waals surface area (Å²) < 4.78 is 5.71. The number of hydrogen-bond acceptors (Lipinski definition) is 4. The summed E-state index contributed by atoms with van der Waals surface area (Å²) in [5.74, 6) is -1.34. The first-order valence-corrected chi connectivity index (χ1v) is 12.9. The van der Waals surface area contributed by atoms with Crippen molar-refractivity contribution in [1.82, 2.24) is 10.6 Å². The summed E-state index contributed by atoms with van der Waals surface area (Å²) in [6.07, 6.45) is 12.6. The Morgan fingerprint density at radius 3 is 2.06 bits per heavy atom. The third-order valence-corrected chi connectivity index (χ3v) is 5.74. The van der Waals surface area contributed by atoms with Crippen LogP contribution in [0.5, 0.6) is 0 Å². The van der Waals surface area contributed by atoms with Gasteiger partial charge in [-0.15, -0.1) is 0 Å². The molecule has 3 N–H and O–H groups in total. The van der Waals surface area contributed by atoms with E-state index in [1.54, 1.807) is 12.1 Å². The largest absolute Gasteiger partial charge is 0.478 e. The summed E-state index contributed by atoms with van der Waals surface area (Å²) in [5, 5.41) is 14.7. The minimum Gasteiger partial charge on any atom is -0.478 e. The van der Waals surface area contributed by atoms with Gasteiger partial charge in [0, 0.05) is 13.0 Å². The second-order valence-electron chi connectivity index (χ2n) is 8.86. The highest BCUT2D eigenvalue weighted by Gasteiger charge is 2.20. The summed E-state index contributed by atoms with van der Waals surface area (Å²) in [5.41, 5.74) is 1.01. The van der Waals surface area contributed by atoms with E-state index in [1.807, 2.05) is 0 Å². The zero-order chi connectivity index (χ0) is 25.0. The van der Waals surface area contributed by atoms with Crippen LogP contribution in [0.15, 0.2) is 24.3 Å². The van der Waals surface area contributed by atoms with Crippen LogP contribution in [0.3, 0.4) is 0 Å². The quantitative estimate of drug-likeness (QED) is 0.224. The zero-order valence-electron chi connectivity index (χ0n) is 21.1. The van der Waals surface area contributed by atoms with E-state index >= 15 is 0 Å². The molecule has 0 aliphatic carbocycles. The van der Waals surface area contributed by atoms with E-state index in [2.05, 4.69) is 24.5 Å². The minimum atomic E-state index is -0.980. The van der Waals surface area contributed by atoms with Crippen molar-refractivity contribution in [2.75, 3.05) is 13.2 Å². The van der Waals surface area contributed by atoms with Gasteiger partial charge in [-0.2, -0.15) is 0 Å². The molecule has 1 unspecified atom stereocenters. The average molecular weight is 477 g/mol. The van der Waals surface area contributed by atoms with E-state index in [-0.39, 0.29) is 30.6 Å². The molecule has 0 aliphatic rings. The molecule has 0 fully saturated rings. The maximum atomic E-state index is 12.7. The van der Waals surface area contributed by atoms with E-state index in [4.69, 9.17) is 9.84 Å². The van der Waals surface area contributed by atoms with Crippen LogP contribution >= 0.6 is 0 Å². The molecule has 0 saturated carbocycles. The Balaban J connectivity index is 2.48. The second-order valence-corrected chi connectivity index (χ2v) is 8.86. The van der Waals surface area contributed by atoms with Gasteiger partial charge in [0.15, 0.2) is 0 Å². The number of nitrogens with one attached hydrogen (secondary N) is 2. The van der Waals surface area contributed by atoms with Crippen molar-refractivity contribution in [3.05, 3.63) is 35.4 Å². The van der Waals surface area contributed by atoms with Gasteiger partial charge >= 0.3 is 5.97 Å². The molecule has 0 heterocycles. The molecule has 0 aliphatic heterocycles. The standard InChI is InChI=1S/C27H44N2O5/c1-3-5-7-9-10-11-12-14-25(30)29-24(26(31)28-19-13-8-6-4-2)21-34-20-22-15-17-23(18-16-22)27(32)33/h15-18,24H,3-14,19-21H2,1-2H3,(H,28,31)(H,29,30)(H,32,33). The molecule has 0 radical (unpaired) electrons. The van der Waals surface area contributed by atoms with Crippen LogP contribution in [0, 0.1) is 0 Å². The predicted molar refractivity (Wildman–Crippen MR) is 135 cm³/mol. The van der Waals surface area contributed by atoms with Crippen molar-refractivity contribution < 1.29 is 24.2 Å². The summed E-state index contributed by atoms with van der Waals surface area (Å²) >= 11 is 0. The lowest BCUT2D eigenvalue weighted by Crippen LogP contribution is -2.49. The van der Waals surface area contributed by atoms with Crippen LogP contribution in [0.25, 0.3) is 0 Å². The van der Waals surface area contributed by atoms with Crippen LogP contribution in [-0.2, 0) is 20.9 Å². The molecule has 192 valence electrons. The zero-order valence-corrected chi connectivity index (χ0v) is 21.1. The van der Waals surface area contributed by atoms with Gasteiger partial charge in [-0.1, -0.05) is 83.8 Å². The molecule has 0 aromatic heterocycles. The third kappa shape index (κ3) is 14.0. The normalized spacial score (nSPS) is 11.7. The van der Waals surface area contributed by atoms with Crippen LogP contribution < -0.4 is 10.6 Å². The van der Waals surface area contributed by atoms with Gasteiger partial charge in [0.1, 0.15) is 6.04 Å². The van der Waals surface area contributed by atoms with Crippen LogP contribution in [0.4, 0.5) is 0 Å². The Kier molecular flexibility index (Phi) is 16.5. The van der Waals surface area contributed by atoms with Crippen LogP contribution in [0.2, 0.25) is 0 Å². The van der Waals surface area contributed by atoms with Gasteiger partial charge in [-0.3, -0.25) is 9.59 Å². The maximum Gasteiger partial charge on any atom is 0.335 e. The number of carbonyl (C=O) groups excluding carboxylic acids is 2. The highest BCUT2D eigenvalue weighted by molar-refractivity contribution is 5.88. The topological polar surface area (TPSA) is 105 Å². The lowest BCUT2D eigenvalue weighted by atomic mass is 10.1. The predicted octanol–water partition coefficient (Wildman–Crippen LogP) is 5.22. The lowest BCUT2D eigenvalue weighted by molar-refractivity contribution is -0.130. The molecule has 1 atom stereocenters. The number of carboxylic acids is 1. The van der Waals surface area contributed by atoms with Crippen molar-refractivity contribution in [3.8, 4) is 0 Å². The molecule has 1 aromatic carbocycles. The van der Waals surface area contributed by atoms with Crippen molar-refractivity contribution in [1.29, 1.82) is 0 Å². The number of hydrogen-bond donors (Lipinski definition) is 3. The van der Waals surface area contributed by atoms with Gasteiger partial charge in [-0.05, 0) is 30.5 Å². The summed E-state index contributed by atoms with van der Waals surface area (Å²) in [7, 11) is 0. The molecule has 2 amide bonds. The van der Waals surface area contributed by atoms with Crippen molar-refractivity contribution in [3.63, 3.8) is 0 Å². The monoisotopic (exact) mass is 476 g/mol. The Labute approximate surface area is 205 Å². The van der Waals surface area contributed by atoms with Crippen molar-refractivity contribution in [2.45, 2.75) is 104 Å². The first kappa shape index (κ1) is 29.6. The fraction of sp³-hybridized carbons (Fsp3) is 0.667. The van der Waals surface area contributed by atoms with Gasteiger partial charge in [-0.25, -0.2) is 4.79 Å². The SMILES string of the molecule is CCCCCCCCCC(=O)NC(COCc1ccc(C(=O)O)cc1)C(=O)NCCCCCC. The fourth-order valence-electron chi connectivity index (χ4n) is 3.62. The molecule has 0 saturated heterocycles. The molecule has 1 aromatic rings. The number of amides is 2. The molecule has 0 bridgehead atoms. The first-order valence-electron chi connectivity index (χ1n) is 12.9. The smallest absolute Gasteiger partial charge is 0.335 e. The number of unbranched alkanes of at least 4 members (excludes halogenated alkanes) is 9. The number of aromatic carboxylic acids is 1. The van der Waals surface area contributed by atoms with Crippen molar-refractivity contribution >= 4 is 17.8 Å². The van der Waals surface area contributed by atoms with E-state index in [0.717, 1.165) is 50.5 Å². The first-order chi connectivity index (χ1) is 16.5. The fourth-order valence-corrected chi connectivity index (χ4v) is 3.62. The van der Waals surface area contributed by atoms with E-state index in [9.17, 15) is 14.4 Å². The Morgan fingerprint density at radius 2 is 1.44 bits per heavy atom. The molecule has 1 rings (SSSR count). The highest BCUT2D eigenvalue weighted by atomic mass is 16.5. The van der Waals surface area contributed by atoms with Gasteiger partial charge in [0.05, 0.1) is 18.8 Å². The molecule has 7 heteroatoms. The lowest BCUT2D eigenvalue weighted by Gasteiger charge is -2.19. The van der Waals surface area contributed by atoms with Gasteiger partial charge in [0.2, 0.25) is 11.8 Å². The summed E-state index contributed by atoms with van der Waals surface area (Å²) in [4.78, 5) is 36.1. The summed E-state index contributed by atoms with van der Waals surface area (Å²) in [6.45, 7) is 5.21. The minimum absolute atomic E-state index is 0.0598. The van der Waals surface area contributed by atoms with E-state index in [1.165, 1.54) is 37.8 Å². The molecular formula is C27H44N2O5. The number of carboxylic acid groups (broad SMARTS) is 1. The van der Waals surface area contributed by atoms with Gasteiger partial charge < -0.3 is 20.5 Å². The summed E-state index contributed by atoms with van der Waals surface area (Å²) in [6, 6.07) is 5.66. The number of ether oxygens (including phenoxy) is 1. The van der Waals surface area contributed by atoms with Gasteiger partial charge in [0.25, 0.3) is 0 Å². The second kappa shape index (κ2) is 19.0. The third-order valence-electron chi connectivity index (χ3n) is 5.74. The van der Waals surface area contributed by atoms with E-state index < -0.39 is 12.0 Å². The highest BCUT2D eigenvalue weighted by Crippen LogP contribution is 2.09. The number of carbonyl (C=O) groups is 3. The van der Waals surface area contributed by atoms with E-state index in [0.29, 0.717) is 13.0 Å². The molecule has 0 spiro atoms.